The highest BCUT2D eigenvalue weighted by molar-refractivity contribution is 5.54. The summed E-state index contributed by atoms with van der Waals surface area (Å²) in [7, 11) is -0.572. The number of nitrogens with zero attached hydrogens (tertiary/aromatic N) is 1. The minimum absolute atomic E-state index is 0.740. The number of halogens is 1. The molecule has 0 heterocycles. The Labute approximate surface area is 95.9 Å². The Balaban J connectivity index is 2.62. The molecule has 0 unspecified atom stereocenters. The van der Waals surface area contributed by atoms with Gasteiger partial charge in [0, 0.05) is 19.8 Å². The molecule has 0 aromatic heterocycles. The van der Waals surface area contributed by atoms with Crippen LogP contribution >= 0.6 is 0 Å². The molecule has 0 aliphatic carbocycles. The van der Waals surface area contributed by atoms with Crippen molar-refractivity contribution in [2.24, 2.45) is 0 Å². The molecule has 0 bridgehead atoms. The topological polar surface area (TPSA) is 81.7 Å². The van der Waals surface area contributed by atoms with Crippen LogP contribution in [0.15, 0.2) is 30.5 Å². The molecule has 16 heavy (non-hydrogen) atoms. The highest BCUT2D eigenvalue weighted by atomic mass is 35.7. The van der Waals surface area contributed by atoms with Gasteiger partial charge in [-0.3, -0.25) is 0 Å². The Morgan fingerprint density at radius 2 is 1.69 bits per heavy atom. The van der Waals surface area contributed by atoms with Crippen LogP contribution in [0.5, 0.6) is 0 Å². The molecule has 0 aliphatic rings. The predicted octanol–water partition coefficient (Wildman–Crippen LogP) is -1.36. The summed E-state index contributed by atoms with van der Waals surface area (Å²) in [6, 6.07) is 7.29. The number of hydrogen-bond donors (Lipinski definition) is 0. The summed E-state index contributed by atoms with van der Waals surface area (Å²) in [5.41, 5.74) is 1.76. The Kier molecular flexibility index (Phi) is 4.14. The third-order valence-corrected chi connectivity index (χ3v) is 2.15. The minimum atomic E-state index is -4.40. The standard InChI is InChI=1S/C10H12ClNO4/c1-12(2)10-5-3-9(4-6-10)7-8-16-11(13,14)15/h3-8H,1-2H3. The number of rotatable bonds is 4. The molecule has 1 aromatic carbocycles. The van der Waals surface area contributed by atoms with Gasteiger partial charge in [-0.25, -0.2) is 0 Å². The molecule has 0 fully saturated rings. The number of hydrogen-bond acceptors (Lipinski definition) is 5. The third-order valence-electron chi connectivity index (χ3n) is 1.83. The Bertz CT molecular complexity index is 356. The van der Waals surface area contributed by atoms with E-state index in [1.807, 2.05) is 31.1 Å². The molecule has 0 saturated heterocycles. The maximum absolute atomic E-state index is 10.1. The van der Waals surface area contributed by atoms with Crippen LogP contribution in [-0.4, -0.2) is 14.1 Å². The van der Waals surface area contributed by atoms with Crippen molar-refractivity contribution in [3.05, 3.63) is 36.1 Å². The van der Waals surface area contributed by atoms with Crippen LogP contribution in [0.2, 0.25) is 0 Å². The van der Waals surface area contributed by atoms with Crippen molar-refractivity contribution < 1.29 is 28.5 Å². The molecular formula is C10H12ClNO4. The molecule has 0 atom stereocenters. The van der Waals surface area contributed by atoms with E-state index in [0.29, 0.717) is 0 Å². The maximum Gasteiger partial charge on any atom is 0.253 e. The van der Waals surface area contributed by atoms with Gasteiger partial charge < -0.3 is 4.90 Å². The van der Waals surface area contributed by atoms with Gasteiger partial charge in [0.05, 0.1) is 0 Å². The summed E-state index contributed by atoms with van der Waals surface area (Å²) >= 11 is 0. The van der Waals surface area contributed by atoms with Crippen LogP contribution in [0, 0.1) is 10.2 Å². The van der Waals surface area contributed by atoms with Gasteiger partial charge in [0.25, 0.3) is 6.26 Å². The average molecular weight is 246 g/mol. The second-order valence-corrected chi connectivity index (χ2v) is 4.19. The highest BCUT2D eigenvalue weighted by Crippen LogP contribution is 2.13. The predicted molar refractivity (Wildman–Crippen MR) is 50.9 cm³/mol. The van der Waals surface area contributed by atoms with Gasteiger partial charge in [0.2, 0.25) is 0 Å². The molecule has 1 aromatic rings. The third kappa shape index (κ3) is 4.50. The fraction of sp³-hybridized carbons (Fsp3) is 0.200. The maximum atomic E-state index is 10.1. The van der Waals surface area contributed by atoms with Crippen LogP contribution in [-0.2, 0) is 4.29 Å². The lowest BCUT2D eigenvalue weighted by molar-refractivity contribution is -1.92. The van der Waals surface area contributed by atoms with Gasteiger partial charge in [0.15, 0.2) is 0 Å². The van der Waals surface area contributed by atoms with Gasteiger partial charge in [-0.2, -0.15) is 14.0 Å². The van der Waals surface area contributed by atoms with Crippen molar-refractivity contribution in [3.63, 3.8) is 0 Å². The van der Waals surface area contributed by atoms with Crippen LogP contribution in [0.4, 0.5) is 5.69 Å². The van der Waals surface area contributed by atoms with E-state index in [4.69, 9.17) is 0 Å². The van der Waals surface area contributed by atoms with E-state index in [0.717, 1.165) is 17.5 Å². The molecule has 5 nitrogen and oxygen atoms in total. The summed E-state index contributed by atoms with van der Waals surface area (Å²) in [5.74, 6) is 0. The summed E-state index contributed by atoms with van der Waals surface area (Å²) in [5, 5.41) is 0. The van der Waals surface area contributed by atoms with E-state index in [1.165, 1.54) is 6.08 Å². The molecule has 0 aliphatic heterocycles. The van der Waals surface area contributed by atoms with Crippen molar-refractivity contribution in [1.29, 1.82) is 0 Å². The van der Waals surface area contributed by atoms with Gasteiger partial charge in [-0.1, -0.05) is 16.4 Å². The van der Waals surface area contributed by atoms with E-state index in [9.17, 15) is 14.0 Å². The van der Waals surface area contributed by atoms with Crippen LogP contribution in [0.1, 0.15) is 5.56 Å². The fourth-order valence-corrected chi connectivity index (χ4v) is 1.23. The molecule has 6 heteroatoms. The minimum Gasteiger partial charge on any atom is -0.378 e. The summed E-state index contributed by atoms with van der Waals surface area (Å²) < 4.78 is 34.2. The fourth-order valence-electron chi connectivity index (χ4n) is 1.05. The van der Waals surface area contributed by atoms with Crippen LogP contribution in [0.25, 0.3) is 6.08 Å². The van der Waals surface area contributed by atoms with E-state index < -0.39 is 10.2 Å². The Morgan fingerprint density at radius 1 is 1.12 bits per heavy atom. The normalized spacial score (nSPS) is 11.8. The SMILES string of the molecule is CN(C)c1ccc(C=CO[Cl+3]([O-])([O-])[O-])cc1. The molecule has 0 spiro atoms. The first-order valence-corrected chi connectivity index (χ1v) is 5.65. The summed E-state index contributed by atoms with van der Waals surface area (Å²) in [6.07, 6.45) is 2.23. The highest BCUT2D eigenvalue weighted by Gasteiger charge is 2.12. The van der Waals surface area contributed by atoms with Crippen molar-refractivity contribution in [1.82, 2.24) is 0 Å². The smallest absolute Gasteiger partial charge is 0.253 e. The average Bonchev–Trinajstić information content (AvgIpc) is 2.16. The van der Waals surface area contributed by atoms with E-state index in [1.54, 1.807) is 12.1 Å². The van der Waals surface area contributed by atoms with Gasteiger partial charge in [0.1, 0.15) is 10.2 Å². The van der Waals surface area contributed by atoms with Crippen molar-refractivity contribution in [3.8, 4) is 0 Å². The van der Waals surface area contributed by atoms with Gasteiger partial charge >= 0.3 is 0 Å². The largest absolute Gasteiger partial charge is 0.378 e. The van der Waals surface area contributed by atoms with Gasteiger partial charge in [-0.15, -0.1) is 0 Å². The Morgan fingerprint density at radius 3 is 2.12 bits per heavy atom. The van der Waals surface area contributed by atoms with E-state index >= 15 is 0 Å². The first kappa shape index (κ1) is 12.8. The van der Waals surface area contributed by atoms with E-state index in [-0.39, 0.29) is 0 Å². The molecule has 0 N–H and O–H groups in total. The lowest BCUT2D eigenvalue weighted by Crippen LogP contribution is -2.60. The zero-order chi connectivity index (χ0) is 12.2. The lowest BCUT2D eigenvalue weighted by atomic mass is 10.2. The van der Waals surface area contributed by atoms with Crippen molar-refractivity contribution in [2.45, 2.75) is 0 Å². The molecular weight excluding hydrogens is 234 g/mol. The monoisotopic (exact) mass is 245 g/mol. The quantitative estimate of drug-likeness (QED) is 0.612. The second-order valence-electron chi connectivity index (χ2n) is 3.26. The molecule has 0 amide bonds. The van der Waals surface area contributed by atoms with Crippen molar-refractivity contribution in [2.75, 3.05) is 19.0 Å². The Hall–Kier alpha value is -1.27. The van der Waals surface area contributed by atoms with Crippen molar-refractivity contribution >= 4 is 11.8 Å². The first-order valence-electron chi connectivity index (χ1n) is 4.41. The molecule has 1 rings (SSSR count). The molecule has 88 valence electrons. The lowest BCUT2D eigenvalue weighted by Gasteiger charge is -2.11. The summed E-state index contributed by atoms with van der Waals surface area (Å²) in [4.78, 5) is 1.94. The second kappa shape index (κ2) is 5.18. The van der Waals surface area contributed by atoms with Crippen LogP contribution in [0.3, 0.4) is 0 Å². The zero-order valence-electron chi connectivity index (χ0n) is 8.92. The zero-order valence-corrected chi connectivity index (χ0v) is 9.68. The first-order chi connectivity index (χ1) is 7.38. The molecule has 0 saturated carbocycles. The number of benzene rings is 1. The number of anilines is 1. The van der Waals surface area contributed by atoms with Gasteiger partial charge in [-0.05, 0) is 23.8 Å². The summed E-state index contributed by atoms with van der Waals surface area (Å²) in [6.45, 7) is 0. The van der Waals surface area contributed by atoms with E-state index in [2.05, 4.69) is 4.29 Å². The van der Waals surface area contributed by atoms with Crippen LogP contribution < -0.4 is 18.9 Å². The molecule has 0 radical (unpaired) electrons.